The molecule has 1 aliphatic rings. The van der Waals surface area contributed by atoms with Crippen molar-refractivity contribution in [3.8, 4) is 34.0 Å². The van der Waals surface area contributed by atoms with Crippen molar-refractivity contribution >= 4 is 59.3 Å². The van der Waals surface area contributed by atoms with Crippen LogP contribution in [0.15, 0.2) is 138 Å². The molecule has 2 heterocycles. The van der Waals surface area contributed by atoms with Crippen molar-refractivity contribution in [3.05, 3.63) is 133 Å². The maximum Gasteiger partial charge on any atom is 0.227 e. The predicted octanol–water partition coefficient (Wildman–Crippen LogP) is 11.0. The highest BCUT2D eigenvalue weighted by atomic mass is 32.1. The van der Waals surface area contributed by atoms with Gasteiger partial charge in [-0.25, -0.2) is 4.98 Å². The number of rotatable bonds is 4. The highest BCUT2D eigenvalue weighted by Gasteiger charge is 2.30. The quantitative estimate of drug-likeness (QED) is 0.221. The zero-order chi connectivity index (χ0) is 26.9. The highest BCUT2D eigenvalue weighted by Crippen LogP contribution is 2.53. The van der Waals surface area contributed by atoms with Gasteiger partial charge in [-0.05, 0) is 54.6 Å². The fourth-order valence-electron chi connectivity index (χ4n) is 6.29. The fraction of sp³-hybridized carbons (Fsp3) is 0. The van der Waals surface area contributed by atoms with Gasteiger partial charge in [0, 0.05) is 53.3 Å². The molecule has 0 radical (unpaired) electrons. The second kappa shape index (κ2) is 8.65. The van der Waals surface area contributed by atoms with E-state index in [0.29, 0.717) is 5.89 Å². The average Bonchev–Trinajstić information content (AvgIpc) is 3.72. The van der Waals surface area contributed by atoms with Crippen LogP contribution in [0.1, 0.15) is 0 Å². The summed E-state index contributed by atoms with van der Waals surface area (Å²) in [4.78, 5) is 7.39. The molecule has 0 N–H and O–H groups in total. The molecule has 3 nitrogen and oxygen atoms in total. The highest BCUT2D eigenvalue weighted by molar-refractivity contribution is 7.26. The molecule has 0 spiro atoms. The molecule has 0 bridgehead atoms. The number of nitrogens with zero attached hydrogens (tertiary/aromatic N) is 2. The molecule has 0 aliphatic heterocycles. The summed E-state index contributed by atoms with van der Waals surface area (Å²) in [5.74, 6) is 1.50. The summed E-state index contributed by atoms with van der Waals surface area (Å²) in [5.41, 5.74) is 7.54. The van der Waals surface area contributed by atoms with Gasteiger partial charge in [0.1, 0.15) is 5.69 Å². The van der Waals surface area contributed by atoms with Crippen molar-refractivity contribution < 1.29 is 4.42 Å². The summed E-state index contributed by atoms with van der Waals surface area (Å²) in [6, 6.07) is 47.1. The summed E-state index contributed by atoms with van der Waals surface area (Å²) in [7, 11) is 0. The minimum atomic E-state index is 0.657. The van der Waals surface area contributed by atoms with Gasteiger partial charge >= 0.3 is 0 Å². The lowest BCUT2D eigenvalue weighted by molar-refractivity contribution is 0.590. The number of anilines is 3. The molecule has 0 saturated carbocycles. The first-order chi connectivity index (χ1) is 20.3. The standard InChI is InChI=1S/C37H22N2OS/c1-3-11-23(12-4-1)37-38-35-27-17-9-16-25-29(22-21-28(33(25)27)36(35)40-37)39(24-13-5-2-6-14-24)30-18-10-20-32-34(30)26-15-7-8-19-31(26)41-32/h1-22H. The third-order valence-corrected chi connectivity index (χ3v) is 9.18. The van der Waals surface area contributed by atoms with Crippen LogP contribution in [0.25, 0.3) is 65.0 Å². The van der Waals surface area contributed by atoms with Gasteiger partial charge in [-0.15, -0.1) is 11.3 Å². The molecule has 0 unspecified atom stereocenters. The van der Waals surface area contributed by atoms with Crippen LogP contribution in [0.3, 0.4) is 0 Å². The lowest BCUT2D eigenvalue weighted by Crippen LogP contribution is -2.10. The third kappa shape index (κ3) is 3.28. The number of hydrogen-bond acceptors (Lipinski definition) is 4. The van der Waals surface area contributed by atoms with Gasteiger partial charge in [0.25, 0.3) is 0 Å². The van der Waals surface area contributed by atoms with Gasteiger partial charge in [0.15, 0.2) is 5.76 Å². The second-order valence-corrected chi connectivity index (χ2v) is 11.4. The fourth-order valence-corrected chi connectivity index (χ4v) is 7.42. The van der Waals surface area contributed by atoms with E-state index in [1.165, 1.54) is 36.6 Å². The first kappa shape index (κ1) is 22.6. The maximum atomic E-state index is 6.43. The Morgan fingerprint density at radius 3 is 2.15 bits per heavy atom. The molecular weight excluding hydrogens is 520 g/mol. The Morgan fingerprint density at radius 2 is 1.27 bits per heavy atom. The SMILES string of the molecule is c1ccc(-c2nc3c(o2)-c2ccc(N(c4ccccc4)c4cccc5sc6ccccc6c45)c4cccc-3c24)cc1. The predicted molar refractivity (Wildman–Crippen MR) is 171 cm³/mol. The minimum absolute atomic E-state index is 0.657. The smallest absolute Gasteiger partial charge is 0.227 e. The Labute approximate surface area is 240 Å². The van der Waals surface area contributed by atoms with E-state index in [-0.39, 0.29) is 0 Å². The van der Waals surface area contributed by atoms with Crippen LogP contribution in [-0.4, -0.2) is 4.98 Å². The van der Waals surface area contributed by atoms with E-state index in [9.17, 15) is 0 Å². The molecule has 4 heteroatoms. The Hall–Kier alpha value is -5.19. The summed E-state index contributed by atoms with van der Waals surface area (Å²) in [5, 5.41) is 4.93. The van der Waals surface area contributed by atoms with Crippen LogP contribution in [0.4, 0.5) is 17.1 Å². The summed E-state index contributed by atoms with van der Waals surface area (Å²) in [6.07, 6.45) is 0. The van der Waals surface area contributed by atoms with Gasteiger partial charge in [-0.3, -0.25) is 0 Å². The molecule has 192 valence electrons. The lowest BCUT2D eigenvalue weighted by atomic mass is 10.00. The Morgan fingerprint density at radius 1 is 0.537 bits per heavy atom. The van der Waals surface area contributed by atoms with E-state index in [1.807, 2.05) is 41.7 Å². The monoisotopic (exact) mass is 542 g/mol. The number of fused-ring (bicyclic) bond motifs is 6. The number of aromatic nitrogens is 1. The van der Waals surface area contributed by atoms with Crippen LogP contribution < -0.4 is 4.90 Å². The van der Waals surface area contributed by atoms with Gasteiger partial charge in [-0.1, -0.05) is 78.9 Å². The molecule has 0 amide bonds. The molecule has 1 aliphatic carbocycles. The van der Waals surface area contributed by atoms with Gasteiger partial charge in [0.2, 0.25) is 5.89 Å². The second-order valence-electron chi connectivity index (χ2n) is 10.3. The van der Waals surface area contributed by atoms with E-state index in [1.54, 1.807) is 0 Å². The van der Waals surface area contributed by atoms with E-state index in [4.69, 9.17) is 9.40 Å². The van der Waals surface area contributed by atoms with E-state index < -0.39 is 0 Å². The Kier molecular flexibility index (Phi) is 4.77. The number of oxazole rings is 1. The molecule has 8 aromatic rings. The zero-order valence-electron chi connectivity index (χ0n) is 21.9. The Balaban J connectivity index is 1.30. The minimum Gasteiger partial charge on any atom is -0.435 e. The topological polar surface area (TPSA) is 29.3 Å². The largest absolute Gasteiger partial charge is 0.435 e. The number of thiophene rings is 1. The van der Waals surface area contributed by atoms with E-state index in [2.05, 4.69) is 108 Å². The van der Waals surface area contributed by atoms with Crippen molar-refractivity contribution in [2.24, 2.45) is 0 Å². The molecule has 2 aromatic heterocycles. The molecular formula is C37H22N2OS. The number of benzene rings is 6. The number of hydrogen-bond donors (Lipinski definition) is 0. The van der Waals surface area contributed by atoms with E-state index in [0.717, 1.165) is 39.5 Å². The molecule has 0 saturated heterocycles. The van der Waals surface area contributed by atoms with E-state index >= 15 is 0 Å². The van der Waals surface area contributed by atoms with Crippen molar-refractivity contribution in [2.45, 2.75) is 0 Å². The maximum absolute atomic E-state index is 6.43. The van der Waals surface area contributed by atoms with Crippen LogP contribution in [0.5, 0.6) is 0 Å². The first-order valence-corrected chi connectivity index (χ1v) is 14.5. The average molecular weight is 543 g/mol. The van der Waals surface area contributed by atoms with Crippen LogP contribution in [-0.2, 0) is 0 Å². The molecule has 9 rings (SSSR count). The summed E-state index contributed by atoms with van der Waals surface area (Å²) < 4.78 is 9.01. The number of para-hydroxylation sites is 1. The Bertz CT molecular complexity index is 2240. The first-order valence-electron chi connectivity index (χ1n) is 13.7. The van der Waals surface area contributed by atoms with Gasteiger partial charge < -0.3 is 9.32 Å². The van der Waals surface area contributed by atoms with Crippen molar-refractivity contribution in [1.82, 2.24) is 4.98 Å². The van der Waals surface area contributed by atoms with Crippen molar-refractivity contribution in [1.29, 1.82) is 0 Å². The van der Waals surface area contributed by atoms with Crippen molar-refractivity contribution in [3.63, 3.8) is 0 Å². The summed E-state index contributed by atoms with van der Waals surface area (Å²) >= 11 is 1.85. The van der Waals surface area contributed by atoms with Gasteiger partial charge in [0.05, 0.1) is 11.4 Å². The molecule has 0 fully saturated rings. The normalized spacial score (nSPS) is 11.9. The van der Waals surface area contributed by atoms with Crippen LogP contribution in [0, 0.1) is 0 Å². The molecule has 6 aromatic carbocycles. The molecule has 41 heavy (non-hydrogen) atoms. The van der Waals surface area contributed by atoms with Crippen molar-refractivity contribution in [2.75, 3.05) is 4.90 Å². The zero-order valence-corrected chi connectivity index (χ0v) is 22.7. The van der Waals surface area contributed by atoms with Crippen LogP contribution in [0.2, 0.25) is 0 Å². The lowest BCUT2D eigenvalue weighted by Gasteiger charge is -2.28. The third-order valence-electron chi connectivity index (χ3n) is 8.04. The molecule has 0 atom stereocenters. The summed E-state index contributed by atoms with van der Waals surface area (Å²) in [6.45, 7) is 0. The van der Waals surface area contributed by atoms with Crippen LogP contribution >= 0.6 is 11.3 Å². The van der Waals surface area contributed by atoms with Gasteiger partial charge in [-0.2, -0.15) is 0 Å².